The van der Waals surface area contributed by atoms with Crippen molar-refractivity contribution in [3.05, 3.63) is 28.5 Å². The van der Waals surface area contributed by atoms with Crippen molar-refractivity contribution in [1.82, 2.24) is 25.2 Å². The normalized spacial score (nSPS) is 26.4. The predicted molar refractivity (Wildman–Crippen MR) is 128 cm³/mol. The van der Waals surface area contributed by atoms with Gasteiger partial charge in [-0.3, -0.25) is 4.68 Å². The predicted octanol–water partition coefficient (Wildman–Crippen LogP) is 3.35. The molecule has 0 aromatic carbocycles. The van der Waals surface area contributed by atoms with E-state index in [4.69, 9.17) is 15.5 Å². The van der Waals surface area contributed by atoms with Crippen LogP contribution in [0.2, 0.25) is 0 Å². The minimum Gasteiger partial charge on any atom is -0.383 e. The SMILES string of the molecule is CNc1c(C(C)=N)nc(C)nc1N1CCc2c(c(C)nn2CC23CCC(NO)(CC2)CC3)C1. The van der Waals surface area contributed by atoms with Crippen LogP contribution in [-0.2, 0) is 19.5 Å². The molecule has 33 heavy (non-hydrogen) atoms. The first-order valence-electron chi connectivity index (χ1n) is 12.1. The average Bonchev–Trinajstić information content (AvgIpc) is 3.13. The maximum absolute atomic E-state index is 9.62. The smallest absolute Gasteiger partial charge is 0.156 e. The van der Waals surface area contributed by atoms with Gasteiger partial charge >= 0.3 is 0 Å². The highest BCUT2D eigenvalue weighted by atomic mass is 16.5. The van der Waals surface area contributed by atoms with E-state index in [9.17, 15) is 5.21 Å². The number of nitrogens with zero attached hydrogens (tertiary/aromatic N) is 5. The molecule has 9 heteroatoms. The van der Waals surface area contributed by atoms with E-state index in [1.165, 1.54) is 11.3 Å². The molecule has 2 aromatic rings. The molecular weight excluding hydrogens is 416 g/mol. The summed E-state index contributed by atoms with van der Waals surface area (Å²) in [6, 6.07) is 0. The molecule has 3 aliphatic carbocycles. The number of hydrogen-bond acceptors (Lipinski definition) is 8. The van der Waals surface area contributed by atoms with Crippen LogP contribution in [0.15, 0.2) is 0 Å². The zero-order valence-corrected chi connectivity index (χ0v) is 20.3. The number of fused-ring (bicyclic) bond motifs is 4. The molecule has 4 N–H and O–H groups in total. The lowest BCUT2D eigenvalue weighted by atomic mass is 9.57. The number of aryl methyl sites for hydroxylation is 2. The number of nitrogens with one attached hydrogen (secondary N) is 3. The molecule has 2 aromatic heterocycles. The third-order valence-corrected chi connectivity index (χ3v) is 8.37. The molecule has 0 unspecified atom stereocenters. The fourth-order valence-corrected chi connectivity index (χ4v) is 6.25. The first-order valence-corrected chi connectivity index (χ1v) is 12.1. The maximum Gasteiger partial charge on any atom is 0.156 e. The highest BCUT2D eigenvalue weighted by Crippen LogP contribution is 2.53. The van der Waals surface area contributed by atoms with Crippen molar-refractivity contribution in [2.75, 3.05) is 23.8 Å². The minimum absolute atomic E-state index is 0.0455. The number of aromatic nitrogens is 4. The van der Waals surface area contributed by atoms with E-state index in [-0.39, 0.29) is 5.54 Å². The van der Waals surface area contributed by atoms with Crippen LogP contribution in [0, 0.1) is 24.7 Å². The number of hydroxylamine groups is 1. The van der Waals surface area contributed by atoms with Crippen LogP contribution in [0.4, 0.5) is 11.5 Å². The average molecular weight is 453 g/mol. The first-order chi connectivity index (χ1) is 15.8. The molecule has 1 aliphatic heterocycles. The zero-order valence-electron chi connectivity index (χ0n) is 20.3. The van der Waals surface area contributed by atoms with Gasteiger partial charge in [0.15, 0.2) is 5.82 Å². The molecule has 3 saturated carbocycles. The fourth-order valence-electron chi connectivity index (χ4n) is 6.25. The van der Waals surface area contributed by atoms with Crippen LogP contribution < -0.4 is 15.7 Å². The number of hydrogen-bond donors (Lipinski definition) is 4. The van der Waals surface area contributed by atoms with Crippen molar-refractivity contribution >= 4 is 17.2 Å². The Morgan fingerprint density at radius 2 is 1.82 bits per heavy atom. The summed E-state index contributed by atoms with van der Waals surface area (Å²) >= 11 is 0. The van der Waals surface area contributed by atoms with E-state index in [2.05, 4.69) is 32.3 Å². The summed E-state index contributed by atoms with van der Waals surface area (Å²) in [6.07, 6.45) is 7.53. The van der Waals surface area contributed by atoms with Crippen LogP contribution in [0.1, 0.15) is 73.9 Å². The quantitative estimate of drug-likeness (QED) is 0.392. The van der Waals surface area contributed by atoms with Crippen molar-refractivity contribution in [2.24, 2.45) is 5.41 Å². The van der Waals surface area contributed by atoms with Gasteiger partial charge < -0.3 is 20.8 Å². The van der Waals surface area contributed by atoms with Crippen molar-refractivity contribution in [1.29, 1.82) is 5.41 Å². The highest BCUT2D eigenvalue weighted by molar-refractivity contribution is 6.01. The number of anilines is 2. The third kappa shape index (κ3) is 3.71. The highest BCUT2D eigenvalue weighted by Gasteiger charge is 2.49. The summed E-state index contributed by atoms with van der Waals surface area (Å²) in [5.41, 5.74) is 8.59. The Morgan fingerprint density at radius 1 is 1.12 bits per heavy atom. The van der Waals surface area contributed by atoms with Gasteiger partial charge in [-0.2, -0.15) is 10.6 Å². The van der Waals surface area contributed by atoms with E-state index < -0.39 is 0 Å². The van der Waals surface area contributed by atoms with Crippen LogP contribution in [0.5, 0.6) is 0 Å². The van der Waals surface area contributed by atoms with Gasteiger partial charge in [0.2, 0.25) is 0 Å². The second-order valence-corrected chi connectivity index (χ2v) is 10.4. The number of rotatable bonds is 6. The van der Waals surface area contributed by atoms with Gasteiger partial charge in [-0.15, -0.1) is 0 Å². The van der Waals surface area contributed by atoms with E-state index in [1.807, 2.05) is 14.0 Å². The topological polar surface area (TPSA) is 115 Å². The molecule has 2 bridgehead atoms. The molecule has 3 heterocycles. The van der Waals surface area contributed by atoms with Crippen LogP contribution in [0.3, 0.4) is 0 Å². The molecule has 0 amide bonds. The van der Waals surface area contributed by atoms with E-state index in [0.29, 0.717) is 22.6 Å². The molecule has 178 valence electrons. The van der Waals surface area contributed by atoms with E-state index in [0.717, 1.165) is 81.8 Å². The molecule has 3 fully saturated rings. The van der Waals surface area contributed by atoms with Gasteiger partial charge in [0.1, 0.15) is 17.2 Å². The Bertz CT molecular complexity index is 1070. The summed E-state index contributed by atoms with van der Waals surface area (Å²) < 4.78 is 2.30. The summed E-state index contributed by atoms with van der Waals surface area (Å²) in [5.74, 6) is 1.56. The van der Waals surface area contributed by atoms with Gasteiger partial charge in [0.25, 0.3) is 0 Å². The van der Waals surface area contributed by atoms with Gasteiger partial charge in [-0.1, -0.05) is 0 Å². The molecular formula is C24H36N8O. The zero-order chi connectivity index (χ0) is 23.4. The van der Waals surface area contributed by atoms with Gasteiger partial charge in [0, 0.05) is 49.9 Å². The van der Waals surface area contributed by atoms with Crippen molar-refractivity contribution < 1.29 is 5.21 Å². The molecule has 0 atom stereocenters. The lowest BCUT2D eigenvalue weighted by Gasteiger charge is -2.52. The van der Waals surface area contributed by atoms with E-state index >= 15 is 0 Å². The van der Waals surface area contributed by atoms with Crippen LogP contribution >= 0.6 is 0 Å². The van der Waals surface area contributed by atoms with Crippen molar-refractivity contribution in [3.8, 4) is 0 Å². The maximum atomic E-state index is 9.62. The Balaban J connectivity index is 1.41. The third-order valence-electron chi connectivity index (χ3n) is 8.37. The molecule has 4 aliphatic rings. The molecule has 9 nitrogen and oxygen atoms in total. The van der Waals surface area contributed by atoms with Crippen molar-refractivity contribution in [2.45, 2.75) is 84.3 Å². The largest absolute Gasteiger partial charge is 0.383 e. The van der Waals surface area contributed by atoms with Gasteiger partial charge in [0.05, 0.1) is 11.4 Å². The van der Waals surface area contributed by atoms with Gasteiger partial charge in [-0.25, -0.2) is 9.97 Å². The van der Waals surface area contributed by atoms with Crippen molar-refractivity contribution in [3.63, 3.8) is 0 Å². The minimum atomic E-state index is -0.0455. The first kappa shape index (κ1) is 22.3. The summed E-state index contributed by atoms with van der Waals surface area (Å²) in [7, 11) is 1.87. The Morgan fingerprint density at radius 3 is 2.42 bits per heavy atom. The Kier molecular flexibility index (Phi) is 5.44. The Hall–Kier alpha value is -2.52. The lowest BCUT2D eigenvalue weighted by molar-refractivity contribution is -0.0553. The Labute approximate surface area is 195 Å². The second kappa shape index (κ2) is 8.06. The molecule has 0 saturated heterocycles. The van der Waals surface area contributed by atoms with Crippen LogP contribution in [0.25, 0.3) is 0 Å². The standard InChI is InChI=1S/C24H36N8O/c1-15(25)20-21(26-4)22(28-17(3)27-20)31-12-5-19-18(13-31)16(2)29-32(19)14-23-6-9-24(30-33,10-7-23)11-8-23/h25-26,30,33H,5-14H2,1-4H3. The monoisotopic (exact) mass is 452 g/mol. The summed E-state index contributed by atoms with van der Waals surface area (Å²) in [6.45, 7) is 8.40. The summed E-state index contributed by atoms with van der Waals surface area (Å²) in [5, 5.41) is 26.0. The van der Waals surface area contributed by atoms with Crippen LogP contribution in [-0.4, -0.2) is 49.8 Å². The second-order valence-electron chi connectivity index (χ2n) is 10.4. The molecule has 0 spiro atoms. The summed E-state index contributed by atoms with van der Waals surface area (Å²) in [4.78, 5) is 11.6. The van der Waals surface area contributed by atoms with Gasteiger partial charge in [-0.05, 0) is 64.7 Å². The van der Waals surface area contributed by atoms with E-state index in [1.54, 1.807) is 6.92 Å². The lowest BCUT2D eigenvalue weighted by Crippen LogP contribution is -2.54. The molecule has 0 radical (unpaired) electrons. The molecule has 6 rings (SSSR count). The fraction of sp³-hybridized carbons (Fsp3) is 0.667.